The number of hydrogen-bond acceptors (Lipinski definition) is 4. The van der Waals surface area contributed by atoms with E-state index in [4.69, 9.17) is 5.73 Å². The van der Waals surface area contributed by atoms with Gasteiger partial charge in [0.25, 0.3) is 0 Å². The summed E-state index contributed by atoms with van der Waals surface area (Å²) in [6.45, 7) is 2.94. The molecule has 20 heavy (non-hydrogen) atoms. The Hall–Kier alpha value is -1.58. The van der Waals surface area contributed by atoms with Crippen molar-refractivity contribution in [3.8, 4) is 0 Å². The fourth-order valence-electron chi connectivity index (χ4n) is 3.63. The van der Waals surface area contributed by atoms with Crippen molar-refractivity contribution in [2.24, 2.45) is 10.7 Å². The lowest BCUT2D eigenvalue weighted by Gasteiger charge is -2.41. The van der Waals surface area contributed by atoms with E-state index in [0.29, 0.717) is 18.5 Å². The Morgan fingerprint density at radius 2 is 1.95 bits per heavy atom. The second-order valence-corrected chi connectivity index (χ2v) is 6.18. The van der Waals surface area contributed by atoms with E-state index < -0.39 is 0 Å². The van der Waals surface area contributed by atoms with Crippen molar-refractivity contribution in [1.29, 1.82) is 0 Å². The van der Waals surface area contributed by atoms with Crippen molar-refractivity contribution >= 4 is 5.96 Å². The third kappa shape index (κ3) is 2.28. The molecule has 2 heterocycles. The van der Waals surface area contributed by atoms with Gasteiger partial charge in [-0.1, -0.05) is 31.7 Å². The van der Waals surface area contributed by atoms with Crippen molar-refractivity contribution in [2.45, 2.75) is 57.0 Å². The van der Waals surface area contributed by atoms with E-state index in [9.17, 15) is 0 Å². The van der Waals surface area contributed by atoms with E-state index in [1.807, 2.05) is 18.3 Å². The first-order valence-electron chi connectivity index (χ1n) is 7.72. The predicted octanol–water partition coefficient (Wildman–Crippen LogP) is 2.65. The van der Waals surface area contributed by atoms with Gasteiger partial charge in [0.1, 0.15) is 5.54 Å². The van der Waals surface area contributed by atoms with Crippen LogP contribution in [0, 0.1) is 0 Å². The van der Waals surface area contributed by atoms with Crippen LogP contribution in [0.3, 0.4) is 0 Å². The Kier molecular flexibility index (Phi) is 3.64. The van der Waals surface area contributed by atoms with Crippen LogP contribution in [0.5, 0.6) is 0 Å². The molecule has 1 aromatic heterocycles. The highest BCUT2D eigenvalue weighted by Gasteiger charge is 2.44. The van der Waals surface area contributed by atoms with Crippen molar-refractivity contribution in [3.05, 3.63) is 30.1 Å². The summed E-state index contributed by atoms with van der Waals surface area (Å²) in [5.74, 6) is 0.699. The molecule has 1 aromatic rings. The highest BCUT2D eigenvalue weighted by Crippen LogP contribution is 2.36. The number of pyridine rings is 1. The summed E-state index contributed by atoms with van der Waals surface area (Å²) in [6, 6.07) is 6.61. The van der Waals surface area contributed by atoms with Crippen molar-refractivity contribution in [3.63, 3.8) is 0 Å². The maximum Gasteiger partial charge on any atom is 0.192 e. The van der Waals surface area contributed by atoms with Crippen LogP contribution in [0.25, 0.3) is 0 Å². The fraction of sp³-hybridized carbons (Fsp3) is 0.625. The Bertz CT molecular complexity index is 477. The average Bonchev–Trinajstić information content (AvgIpc) is 2.68. The third-order valence-corrected chi connectivity index (χ3v) is 4.73. The maximum atomic E-state index is 6.22. The van der Waals surface area contributed by atoms with Gasteiger partial charge in [0.15, 0.2) is 5.96 Å². The SMILES string of the molecule is CC1(c2ccccn2)CN=C(N)N1C1CCCCCC1. The number of nitrogens with zero attached hydrogens (tertiary/aromatic N) is 3. The molecule has 1 saturated carbocycles. The van der Waals surface area contributed by atoms with Gasteiger partial charge in [-0.2, -0.15) is 0 Å². The van der Waals surface area contributed by atoms with E-state index in [-0.39, 0.29) is 5.54 Å². The second-order valence-electron chi connectivity index (χ2n) is 6.18. The van der Waals surface area contributed by atoms with Crippen LogP contribution >= 0.6 is 0 Å². The van der Waals surface area contributed by atoms with Gasteiger partial charge in [0.05, 0.1) is 12.2 Å². The first-order chi connectivity index (χ1) is 9.72. The summed E-state index contributed by atoms with van der Waals surface area (Å²) < 4.78 is 0. The summed E-state index contributed by atoms with van der Waals surface area (Å²) in [4.78, 5) is 11.4. The van der Waals surface area contributed by atoms with Crippen LogP contribution in [-0.2, 0) is 5.54 Å². The van der Waals surface area contributed by atoms with Gasteiger partial charge in [0, 0.05) is 12.2 Å². The van der Waals surface area contributed by atoms with Gasteiger partial charge < -0.3 is 10.6 Å². The Labute approximate surface area is 121 Å². The first-order valence-corrected chi connectivity index (χ1v) is 7.72. The lowest BCUT2D eigenvalue weighted by molar-refractivity contribution is 0.148. The molecule has 1 unspecified atom stereocenters. The minimum atomic E-state index is -0.180. The molecule has 4 heteroatoms. The molecule has 0 radical (unpaired) electrons. The zero-order valence-corrected chi connectivity index (χ0v) is 12.3. The number of rotatable bonds is 2. The van der Waals surface area contributed by atoms with Gasteiger partial charge in [0.2, 0.25) is 0 Å². The largest absolute Gasteiger partial charge is 0.370 e. The normalized spacial score (nSPS) is 28.2. The topological polar surface area (TPSA) is 54.5 Å². The van der Waals surface area contributed by atoms with Crippen LogP contribution in [0.2, 0.25) is 0 Å². The number of aromatic nitrogens is 1. The summed E-state index contributed by atoms with van der Waals surface area (Å²) in [5.41, 5.74) is 7.12. The van der Waals surface area contributed by atoms with E-state index in [0.717, 1.165) is 5.69 Å². The standard InChI is InChI=1S/C16H24N4/c1-16(14-10-6-7-11-18-14)12-19-15(17)20(16)13-8-4-2-3-5-9-13/h6-7,10-11,13H,2-5,8-9,12H2,1H3,(H2,17,19). The minimum Gasteiger partial charge on any atom is -0.370 e. The molecule has 0 amide bonds. The molecular formula is C16H24N4. The van der Waals surface area contributed by atoms with Crippen LogP contribution in [0.1, 0.15) is 51.1 Å². The highest BCUT2D eigenvalue weighted by molar-refractivity contribution is 5.81. The molecular weight excluding hydrogens is 248 g/mol. The van der Waals surface area contributed by atoms with Crippen LogP contribution in [0.4, 0.5) is 0 Å². The number of nitrogens with two attached hydrogens (primary N) is 1. The van der Waals surface area contributed by atoms with Crippen molar-refractivity contribution in [2.75, 3.05) is 6.54 Å². The molecule has 1 fully saturated rings. The number of aliphatic imine (C=N–C) groups is 1. The van der Waals surface area contributed by atoms with Gasteiger partial charge in [-0.3, -0.25) is 9.98 Å². The smallest absolute Gasteiger partial charge is 0.192 e. The van der Waals surface area contributed by atoms with Crippen LogP contribution in [-0.4, -0.2) is 28.4 Å². The third-order valence-electron chi connectivity index (χ3n) is 4.73. The highest BCUT2D eigenvalue weighted by atomic mass is 15.4. The second kappa shape index (κ2) is 5.43. The molecule has 2 N–H and O–H groups in total. The Balaban J connectivity index is 1.91. The molecule has 0 saturated heterocycles. The molecule has 2 aliphatic rings. The van der Waals surface area contributed by atoms with E-state index in [2.05, 4.69) is 27.9 Å². The van der Waals surface area contributed by atoms with Gasteiger partial charge in [-0.25, -0.2) is 0 Å². The van der Waals surface area contributed by atoms with Gasteiger partial charge in [-0.15, -0.1) is 0 Å². The molecule has 1 aliphatic carbocycles. The summed E-state index contributed by atoms with van der Waals surface area (Å²) >= 11 is 0. The molecule has 4 nitrogen and oxygen atoms in total. The number of hydrogen-bond donors (Lipinski definition) is 1. The van der Waals surface area contributed by atoms with Crippen LogP contribution in [0.15, 0.2) is 29.4 Å². The Morgan fingerprint density at radius 1 is 1.20 bits per heavy atom. The summed E-state index contributed by atoms with van der Waals surface area (Å²) in [5, 5.41) is 0. The fourth-order valence-corrected chi connectivity index (χ4v) is 3.63. The van der Waals surface area contributed by atoms with Crippen molar-refractivity contribution in [1.82, 2.24) is 9.88 Å². The quantitative estimate of drug-likeness (QED) is 0.842. The molecule has 0 bridgehead atoms. The van der Waals surface area contributed by atoms with Crippen LogP contribution < -0.4 is 5.73 Å². The number of guanidine groups is 1. The minimum absolute atomic E-state index is 0.180. The first kappa shape index (κ1) is 13.4. The lowest BCUT2D eigenvalue weighted by atomic mass is 9.92. The van der Waals surface area contributed by atoms with Crippen molar-refractivity contribution < 1.29 is 0 Å². The van der Waals surface area contributed by atoms with E-state index in [1.54, 1.807) is 0 Å². The zero-order valence-electron chi connectivity index (χ0n) is 12.3. The maximum absolute atomic E-state index is 6.22. The van der Waals surface area contributed by atoms with E-state index >= 15 is 0 Å². The monoisotopic (exact) mass is 272 g/mol. The molecule has 3 rings (SSSR count). The molecule has 0 aromatic carbocycles. The zero-order chi connectivity index (χ0) is 14.0. The lowest BCUT2D eigenvalue weighted by Crippen LogP contribution is -2.53. The molecule has 1 atom stereocenters. The molecule has 108 valence electrons. The molecule has 1 aliphatic heterocycles. The van der Waals surface area contributed by atoms with E-state index in [1.165, 1.54) is 38.5 Å². The predicted molar refractivity (Wildman–Crippen MR) is 81.4 cm³/mol. The summed E-state index contributed by atoms with van der Waals surface area (Å²) in [6.07, 6.45) is 9.60. The molecule has 0 spiro atoms. The van der Waals surface area contributed by atoms with Gasteiger partial charge in [-0.05, 0) is 31.9 Å². The average molecular weight is 272 g/mol. The Morgan fingerprint density at radius 3 is 2.60 bits per heavy atom. The summed E-state index contributed by atoms with van der Waals surface area (Å²) in [7, 11) is 0. The van der Waals surface area contributed by atoms with Gasteiger partial charge >= 0.3 is 0 Å².